The number of sulfonamides is 1. The van der Waals surface area contributed by atoms with Crippen LogP contribution in [0.1, 0.15) is 17.5 Å². The number of hydrogen-bond donors (Lipinski definition) is 1. The van der Waals surface area contributed by atoms with Crippen molar-refractivity contribution in [3.8, 4) is 11.3 Å². The Bertz CT molecular complexity index is 1060. The quantitative estimate of drug-likeness (QED) is 0.659. The molecule has 0 saturated heterocycles. The number of rotatable bonds is 6. The van der Waals surface area contributed by atoms with Crippen LogP contribution in [0.4, 0.5) is 10.8 Å². The van der Waals surface area contributed by atoms with Crippen LogP contribution in [0.2, 0.25) is 0 Å². The SMILES string of the molecule is CS(=O)(=O)N1CCCc2cc(-c3csc(NCCc4ccccc4)n3)ccc21. The van der Waals surface area contributed by atoms with Gasteiger partial charge in [-0.1, -0.05) is 36.4 Å². The van der Waals surface area contributed by atoms with E-state index in [1.165, 1.54) is 16.1 Å². The number of fused-ring (bicyclic) bond motifs is 1. The number of nitrogens with one attached hydrogen (secondary N) is 1. The van der Waals surface area contributed by atoms with Gasteiger partial charge in [-0.05, 0) is 42.5 Å². The molecule has 0 saturated carbocycles. The summed E-state index contributed by atoms with van der Waals surface area (Å²) in [5.41, 5.74) is 5.12. The Balaban J connectivity index is 1.47. The number of aromatic nitrogens is 1. The van der Waals surface area contributed by atoms with E-state index in [9.17, 15) is 8.42 Å². The van der Waals surface area contributed by atoms with Crippen molar-refractivity contribution in [1.29, 1.82) is 0 Å². The Kier molecular flexibility index (Phi) is 5.37. The third-order valence-electron chi connectivity index (χ3n) is 4.89. The number of hydrogen-bond acceptors (Lipinski definition) is 5. The van der Waals surface area contributed by atoms with Gasteiger partial charge in [0, 0.05) is 24.0 Å². The van der Waals surface area contributed by atoms with Crippen LogP contribution in [0.5, 0.6) is 0 Å². The van der Waals surface area contributed by atoms with Gasteiger partial charge in [-0.25, -0.2) is 13.4 Å². The second kappa shape index (κ2) is 7.93. The Morgan fingerprint density at radius 1 is 1.18 bits per heavy atom. The van der Waals surface area contributed by atoms with Gasteiger partial charge in [0.15, 0.2) is 5.13 Å². The molecular formula is C21H23N3O2S2. The molecule has 0 bridgehead atoms. The van der Waals surface area contributed by atoms with E-state index >= 15 is 0 Å². The zero-order valence-corrected chi connectivity index (χ0v) is 17.4. The minimum absolute atomic E-state index is 0.553. The van der Waals surface area contributed by atoms with Gasteiger partial charge in [-0.2, -0.15) is 0 Å². The lowest BCUT2D eigenvalue weighted by Crippen LogP contribution is -2.34. The van der Waals surface area contributed by atoms with Crippen LogP contribution in [-0.2, 0) is 22.9 Å². The van der Waals surface area contributed by atoms with E-state index in [0.29, 0.717) is 6.54 Å². The largest absolute Gasteiger partial charge is 0.361 e. The lowest BCUT2D eigenvalue weighted by Gasteiger charge is -2.29. The van der Waals surface area contributed by atoms with Crippen LogP contribution in [-0.4, -0.2) is 32.7 Å². The number of nitrogens with zero attached hydrogens (tertiary/aromatic N) is 2. The van der Waals surface area contributed by atoms with Gasteiger partial charge >= 0.3 is 0 Å². The third-order valence-corrected chi connectivity index (χ3v) is 6.87. The monoisotopic (exact) mass is 413 g/mol. The zero-order chi connectivity index (χ0) is 19.6. The molecule has 4 rings (SSSR count). The Morgan fingerprint density at radius 3 is 2.79 bits per heavy atom. The van der Waals surface area contributed by atoms with Crippen molar-refractivity contribution in [2.45, 2.75) is 19.3 Å². The summed E-state index contributed by atoms with van der Waals surface area (Å²) in [7, 11) is -3.24. The van der Waals surface area contributed by atoms with E-state index < -0.39 is 10.0 Å². The molecule has 28 heavy (non-hydrogen) atoms. The molecule has 0 aliphatic carbocycles. The van der Waals surface area contributed by atoms with Crippen molar-refractivity contribution >= 4 is 32.2 Å². The highest BCUT2D eigenvalue weighted by atomic mass is 32.2. The minimum atomic E-state index is -3.24. The zero-order valence-electron chi connectivity index (χ0n) is 15.8. The fourth-order valence-electron chi connectivity index (χ4n) is 3.51. The summed E-state index contributed by atoms with van der Waals surface area (Å²) in [6.07, 6.45) is 3.95. The molecule has 0 unspecified atom stereocenters. The predicted octanol–water partition coefficient (Wildman–Crippen LogP) is 4.18. The summed E-state index contributed by atoms with van der Waals surface area (Å²) >= 11 is 1.59. The predicted molar refractivity (Wildman–Crippen MR) is 117 cm³/mol. The summed E-state index contributed by atoms with van der Waals surface area (Å²) in [5.74, 6) is 0. The second-order valence-corrected chi connectivity index (χ2v) is 9.75. The van der Waals surface area contributed by atoms with Crippen LogP contribution in [0, 0.1) is 0 Å². The smallest absolute Gasteiger partial charge is 0.232 e. The molecule has 0 fully saturated rings. The normalized spacial score (nSPS) is 14.0. The molecule has 1 aliphatic rings. The van der Waals surface area contributed by atoms with Crippen molar-refractivity contribution in [3.63, 3.8) is 0 Å². The van der Waals surface area contributed by atoms with Crippen molar-refractivity contribution in [2.75, 3.05) is 29.0 Å². The van der Waals surface area contributed by atoms with Gasteiger partial charge in [-0.15, -0.1) is 11.3 Å². The minimum Gasteiger partial charge on any atom is -0.361 e. The average Bonchev–Trinajstić information content (AvgIpc) is 3.16. The van der Waals surface area contributed by atoms with E-state index in [1.807, 2.05) is 23.6 Å². The maximum Gasteiger partial charge on any atom is 0.232 e. The molecule has 3 aromatic rings. The highest BCUT2D eigenvalue weighted by Gasteiger charge is 2.24. The fraction of sp³-hybridized carbons (Fsp3) is 0.286. The summed E-state index contributed by atoms with van der Waals surface area (Å²) in [6, 6.07) is 16.3. The van der Waals surface area contributed by atoms with Crippen LogP contribution in [0.25, 0.3) is 11.3 Å². The molecule has 0 atom stereocenters. The average molecular weight is 414 g/mol. The summed E-state index contributed by atoms with van der Waals surface area (Å²) < 4.78 is 25.5. The van der Waals surface area contributed by atoms with Crippen LogP contribution < -0.4 is 9.62 Å². The lowest BCUT2D eigenvalue weighted by molar-refractivity contribution is 0.592. The van der Waals surface area contributed by atoms with Gasteiger partial charge < -0.3 is 5.32 Å². The molecule has 0 spiro atoms. The van der Waals surface area contributed by atoms with Crippen LogP contribution in [0.3, 0.4) is 0 Å². The Morgan fingerprint density at radius 2 is 2.00 bits per heavy atom. The van der Waals surface area contributed by atoms with Crippen LogP contribution >= 0.6 is 11.3 Å². The van der Waals surface area contributed by atoms with E-state index in [4.69, 9.17) is 4.98 Å². The molecule has 1 aromatic heterocycles. The van der Waals surface area contributed by atoms with Crippen molar-refractivity contribution in [2.24, 2.45) is 0 Å². The van der Waals surface area contributed by atoms with Gasteiger partial charge in [0.05, 0.1) is 17.6 Å². The van der Waals surface area contributed by atoms with Crippen molar-refractivity contribution in [3.05, 3.63) is 65.0 Å². The molecular weight excluding hydrogens is 390 g/mol. The first-order valence-electron chi connectivity index (χ1n) is 9.35. The van der Waals surface area contributed by atoms with Crippen LogP contribution in [0.15, 0.2) is 53.9 Å². The standard InChI is InChI=1S/C21H23N3O2S2/c1-28(25,26)24-13-5-8-18-14-17(9-10-20(18)24)19-15-27-21(23-19)22-12-11-16-6-3-2-4-7-16/h2-4,6-7,9-10,14-15H,5,8,11-13H2,1H3,(H,22,23). The molecule has 146 valence electrons. The highest BCUT2D eigenvalue weighted by molar-refractivity contribution is 7.92. The molecule has 0 radical (unpaired) electrons. The molecule has 1 aliphatic heterocycles. The van der Waals surface area contributed by atoms with E-state index in [1.54, 1.807) is 11.3 Å². The maximum atomic E-state index is 12.0. The van der Waals surface area contributed by atoms with Crippen molar-refractivity contribution in [1.82, 2.24) is 4.98 Å². The number of anilines is 2. The van der Waals surface area contributed by atoms with Crippen molar-refractivity contribution < 1.29 is 8.42 Å². The molecule has 5 nitrogen and oxygen atoms in total. The first kappa shape index (κ1) is 19.0. The topological polar surface area (TPSA) is 62.3 Å². The molecule has 0 amide bonds. The molecule has 7 heteroatoms. The summed E-state index contributed by atoms with van der Waals surface area (Å²) in [4.78, 5) is 4.70. The Hall–Kier alpha value is -2.38. The first-order chi connectivity index (χ1) is 13.5. The van der Waals surface area contributed by atoms with Gasteiger partial charge in [0.2, 0.25) is 10.0 Å². The Labute approximate surface area is 170 Å². The summed E-state index contributed by atoms with van der Waals surface area (Å²) in [5, 5.41) is 6.34. The summed E-state index contributed by atoms with van der Waals surface area (Å²) in [6.45, 7) is 1.39. The number of aryl methyl sites for hydroxylation is 1. The molecule has 2 heterocycles. The fourth-order valence-corrected chi connectivity index (χ4v) is 5.26. The first-order valence-corrected chi connectivity index (χ1v) is 12.1. The van der Waals surface area contributed by atoms with Gasteiger partial charge in [-0.3, -0.25) is 4.31 Å². The van der Waals surface area contributed by atoms with Gasteiger partial charge in [0.1, 0.15) is 0 Å². The third kappa shape index (κ3) is 4.20. The van der Waals surface area contributed by atoms with E-state index in [2.05, 4.69) is 35.6 Å². The van der Waals surface area contributed by atoms with E-state index in [0.717, 1.165) is 53.4 Å². The maximum absolute atomic E-state index is 12.0. The lowest BCUT2D eigenvalue weighted by atomic mass is 10.00. The van der Waals surface area contributed by atoms with Gasteiger partial charge in [0.25, 0.3) is 0 Å². The number of benzene rings is 2. The second-order valence-electron chi connectivity index (χ2n) is 6.98. The highest BCUT2D eigenvalue weighted by Crippen LogP contribution is 2.33. The number of thiazole rings is 1. The molecule has 1 N–H and O–H groups in total. The molecule has 2 aromatic carbocycles. The van der Waals surface area contributed by atoms with E-state index in [-0.39, 0.29) is 0 Å².